The first-order valence-electron chi connectivity index (χ1n) is 5.07. The summed E-state index contributed by atoms with van der Waals surface area (Å²) >= 11 is 0. The Morgan fingerprint density at radius 1 is 1.36 bits per heavy atom. The molecule has 1 fully saturated rings. The van der Waals surface area contributed by atoms with Gasteiger partial charge in [-0.2, -0.15) is 0 Å². The third-order valence-electron chi connectivity index (χ3n) is 2.94. The Balaban J connectivity index is 2.23. The smallest absolute Gasteiger partial charge is 0.307 e. The van der Waals surface area contributed by atoms with Crippen LogP contribution in [0.25, 0.3) is 0 Å². The third-order valence-corrected chi connectivity index (χ3v) is 2.94. The van der Waals surface area contributed by atoms with Crippen LogP contribution in [0.2, 0.25) is 0 Å². The van der Waals surface area contributed by atoms with Crippen LogP contribution in [0.4, 0.5) is 0 Å². The highest BCUT2D eigenvalue weighted by atomic mass is 16.4. The van der Waals surface area contributed by atoms with Crippen LogP contribution < -0.4 is 0 Å². The van der Waals surface area contributed by atoms with Gasteiger partial charge in [-0.15, -0.1) is 0 Å². The Morgan fingerprint density at radius 3 is 2.64 bits per heavy atom. The highest BCUT2D eigenvalue weighted by molar-refractivity contribution is 5.70. The van der Waals surface area contributed by atoms with E-state index < -0.39 is 5.97 Å². The minimum atomic E-state index is -0.739. The summed E-state index contributed by atoms with van der Waals surface area (Å²) in [6.07, 6.45) is 3.88. The first kappa shape index (κ1) is 9.25. The van der Waals surface area contributed by atoms with Gasteiger partial charge in [-0.25, -0.2) is 0 Å². The SMILES string of the molecule is O=C(O)Cc1ccccc1C1CCC1. The average molecular weight is 190 g/mol. The summed E-state index contributed by atoms with van der Waals surface area (Å²) in [5.74, 6) is -0.123. The number of aliphatic carboxylic acids is 1. The zero-order chi connectivity index (χ0) is 9.97. The highest BCUT2D eigenvalue weighted by Gasteiger charge is 2.22. The number of rotatable bonds is 3. The molecule has 1 saturated carbocycles. The van der Waals surface area contributed by atoms with Gasteiger partial charge in [0.2, 0.25) is 0 Å². The quantitative estimate of drug-likeness (QED) is 0.795. The lowest BCUT2D eigenvalue weighted by molar-refractivity contribution is -0.136. The van der Waals surface area contributed by atoms with Gasteiger partial charge < -0.3 is 5.11 Å². The Bertz CT molecular complexity index is 340. The van der Waals surface area contributed by atoms with E-state index in [2.05, 4.69) is 6.07 Å². The molecule has 0 saturated heterocycles. The second-order valence-electron chi connectivity index (χ2n) is 3.90. The zero-order valence-electron chi connectivity index (χ0n) is 8.07. The van der Waals surface area contributed by atoms with Crippen molar-refractivity contribution in [2.24, 2.45) is 0 Å². The summed E-state index contributed by atoms with van der Waals surface area (Å²) in [5.41, 5.74) is 2.24. The summed E-state index contributed by atoms with van der Waals surface area (Å²) in [4.78, 5) is 10.6. The van der Waals surface area contributed by atoms with Gasteiger partial charge in [0, 0.05) is 0 Å². The van der Waals surface area contributed by atoms with Gasteiger partial charge >= 0.3 is 5.97 Å². The van der Waals surface area contributed by atoms with Gasteiger partial charge in [0.1, 0.15) is 0 Å². The summed E-state index contributed by atoms with van der Waals surface area (Å²) in [6.45, 7) is 0. The molecular formula is C12H14O2. The molecule has 0 bridgehead atoms. The maximum Gasteiger partial charge on any atom is 0.307 e. The highest BCUT2D eigenvalue weighted by Crippen LogP contribution is 2.37. The van der Waals surface area contributed by atoms with Gasteiger partial charge in [0.05, 0.1) is 6.42 Å². The van der Waals surface area contributed by atoms with Crippen molar-refractivity contribution in [2.45, 2.75) is 31.6 Å². The normalized spacial score (nSPS) is 16.3. The van der Waals surface area contributed by atoms with Gasteiger partial charge in [-0.1, -0.05) is 30.7 Å². The van der Waals surface area contributed by atoms with Crippen LogP contribution in [-0.2, 0) is 11.2 Å². The van der Waals surface area contributed by atoms with Crippen molar-refractivity contribution in [3.05, 3.63) is 35.4 Å². The molecule has 1 aliphatic rings. The van der Waals surface area contributed by atoms with Crippen molar-refractivity contribution in [2.75, 3.05) is 0 Å². The minimum Gasteiger partial charge on any atom is -0.481 e. The second-order valence-corrected chi connectivity index (χ2v) is 3.90. The van der Waals surface area contributed by atoms with Crippen molar-refractivity contribution in [3.63, 3.8) is 0 Å². The molecule has 1 aromatic carbocycles. The maximum absolute atomic E-state index is 10.6. The lowest BCUT2D eigenvalue weighted by Gasteiger charge is -2.27. The van der Waals surface area contributed by atoms with Crippen molar-refractivity contribution in [3.8, 4) is 0 Å². The number of hydrogen-bond acceptors (Lipinski definition) is 1. The molecule has 14 heavy (non-hydrogen) atoms. The molecule has 0 heterocycles. The van der Waals surface area contributed by atoms with E-state index >= 15 is 0 Å². The van der Waals surface area contributed by atoms with Crippen LogP contribution in [0.1, 0.15) is 36.3 Å². The fraction of sp³-hybridized carbons (Fsp3) is 0.417. The van der Waals surface area contributed by atoms with Crippen molar-refractivity contribution < 1.29 is 9.90 Å². The molecule has 2 heteroatoms. The Kier molecular flexibility index (Phi) is 2.53. The Morgan fingerprint density at radius 2 is 2.07 bits per heavy atom. The van der Waals surface area contributed by atoms with Crippen molar-refractivity contribution in [1.29, 1.82) is 0 Å². The lowest BCUT2D eigenvalue weighted by atomic mass is 9.78. The molecule has 1 N–H and O–H groups in total. The molecule has 0 aliphatic heterocycles. The first-order valence-corrected chi connectivity index (χ1v) is 5.07. The van der Waals surface area contributed by atoms with E-state index in [0.29, 0.717) is 5.92 Å². The van der Waals surface area contributed by atoms with Crippen LogP contribution in [-0.4, -0.2) is 11.1 Å². The molecule has 0 aromatic heterocycles. The summed E-state index contributed by atoms with van der Waals surface area (Å²) in [5, 5.41) is 8.76. The maximum atomic E-state index is 10.6. The number of carboxylic acids is 1. The molecule has 0 radical (unpaired) electrons. The monoisotopic (exact) mass is 190 g/mol. The molecule has 1 aromatic rings. The predicted molar refractivity (Wildman–Crippen MR) is 54.4 cm³/mol. The van der Waals surface area contributed by atoms with Crippen molar-refractivity contribution >= 4 is 5.97 Å². The molecule has 1 aliphatic carbocycles. The van der Waals surface area contributed by atoms with Crippen LogP contribution >= 0.6 is 0 Å². The van der Waals surface area contributed by atoms with Crippen LogP contribution in [0.5, 0.6) is 0 Å². The van der Waals surface area contributed by atoms with Crippen LogP contribution in [0, 0.1) is 0 Å². The lowest BCUT2D eigenvalue weighted by Crippen LogP contribution is -2.13. The second kappa shape index (κ2) is 3.82. The van der Waals surface area contributed by atoms with E-state index in [4.69, 9.17) is 5.11 Å². The van der Waals surface area contributed by atoms with Crippen LogP contribution in [0.3, 0.4) is 0 Å². The fourth-order valence-electron chi connectivity index (χ4n) is 1.98. The van der Waals surface area contributed by atoms with Crippen LogP contribution in [0.15, 0.2) is 24.3 Å². The van der Waals surface area contributed by atoms with Gasteiger partial charge in [0.25, 0.3) is 0 Å². The molecular weight excluding hydrogens is 176 g/mol. The fourth-order valence-corrected chi connectivity index (χ4v) is 1.98. The third kappa shape index (κ3) is 1.79. The molecule has 2 rings (SSSR count). The number of benzene rings is 1. The standard InChI is InChI=1S/C12H14O2/c13-12(14)8-10-4-1-2-7-11(10)9-5-3-6-9/h1-2,4,7,9H,3,5-6,8H2,(H,13,14). The van der Waals surface area contributed by atoms with E-state index in [0.717, 1.165) is 5.56 Å². The molecule has 0 unspecified atom stereocenters. The molecule has 0 amide bonds. The van der Waals surface area contributed by atoms with Crippen molar-refractivity contribution in [1.82, 2.24) is 0 Å². The van der Waals surface area contributed by atoms with Gasteiger partial charge in [-0.05, 0) is 29.9 Å². The zero-order valence-corrected chi connectivity index (χ0v) is 8.07. The topological polar surface area (TPSA) is 37.3 Å². The van der Waals surface area contributed by atoms with E-state index in [-0.39, 0.29) is 6.42 Å². The Labute approximate surface area is 83.6 Å². The minimum absolute atomic E-state index is 0.159. The molecule has 0 spiro atoms. The molecule has 2 nitrogen and oxygen atoms in total. The number of hydrogen-bond donors (Lipinski definition) is 1. The predicted octanol–water partition coefficient (Wildman–Crippen LogP) is 2.58. The molecule has 0 atom stereocenters. The first-order chi connectivity index (χ1) is 6.77. The van der Waals surface area contributed by atoms with Gasteiger partial charge in [-0.3, -0.25) is 4.79 Å². The van der Waals surface area contributed by atoms with E-state index in [1.54, 1.807) is 0 Å². The van der Waals surface area contributed by atoms with Gasteiger partial charge in [0.15, 0.2) is 0 Å². The van der Waals surface area contributed by atoms with E-state index in [1.807, 2.05) is 18.2 Å². The number of carboxylic acid groups (broad SMARTS) is 1. The Hall–Kier alpha value is -1.31. The molecule has 74 valence electrons. The van der Waals surface area contributed by atoms with E-state index in [1.165, 1.54) is 24.8 Å². The largest absolute Gasteiger partial charge is 0.481 e. The summed E-state index contributed by atoms with van der Waals surface area (Å²) in [6, 6.07) is 7.92. The number of carbonyl (C=O) groups is 1. The van der Waals surface area contributed by atoms with E-state index in [9.17, 15) is 4.79 Å². The summed E-state index contributed by atoms with van der Waals surface area (Å²) in [7, 11) is 0. The summed E-state index contributed by atoms with van der Waals surface area (Å²) < 4.78 is 0. The average Bonchev–Trinajstić information content (AvgIpc) is 2.04.